The second kappa shape index (κ2) is 6.65. The number of rotatable bonds is 5. The van der Waals surface area contributed by atoms with Crippen LogP contribution in [0.4, 0.5) is 5.69 Å². The van der Waals surface area contributed by atoms with Gasteiger partial charge in [0.15, 0.2) is 0 Å². The standard InChI is InChI=1S/C14H18N2O2/c1-4-18-14(17)8-11(2)16(3)13-7-5-6-12(9-13)10-15/h5-7,9,11H,4,8H2,1-3H3. The van der Waals surface area contributed by atoms with Gasteiger partial charge in [0, 0.05) is 18.8 Å². The van der Waals surface area contributed by atoms with Crippen LogP contribution in [0.15, 0.2) is 24.3 Å². The van der Waals surface area contributed by atoms with Gasteiger partial charge in [-0.1, -0.05) is 6.07 Å². The van der Waals surface area contributed by atoms with E-state index in [1.54, 1.807) is 13.0 Å². The largest absolute Gasteiger partial charge is 0.466 e. The van der Waals surface area contributed by atoms with Gasteiger partial charge in [-0.3, -0.25) is 4.79 Å². The summed E-state index contributed by atoms with van der Waals surface area (Å²) in [6, 6.07) is 9.45. The summed E-state index contributed by atoms with van der Waals surface area (Å²) < 4.78 is 4.93. The van der Waals surface area contributed by atoms with Gasteiger partial charge in [0.1, 0.15) is 0 Å². The van der Waals surface area contributed by atoms with Gasteiger partial charge in [-0.25, -0.2) is 0 Å². The number of esters is 1. The molecule has 18 heavy (non-hydrogen) atoms. The van der Waals surface area contributed by atoms with Crippen molar-refractivity contribution in [1.29, 1.82) is 5.26 Å². The molecule has 1 aromatic carbocycles. The minimum Gasteiger partial charge on any atom is -0.466 e. The summed E-state index contributed by atoms with van der Waals surface area (Å²) in [4.78, 5) is 13.4. The van der Waals surface area contributed by atoms with Crippen molar-refractivity contribution in [1.82, 2.24) is 0 Å². The van der Waals surface area contributed by atoms with Gasteiger partial charge in [-0.2, -0.15) is 5.26 Å². The van der Waals surface area contributed by atoms with Crippen LogP contribution in [0.1, 0.15) is 25.8 Å². The fourth-order valence-corrected chi connectivity index (χ4v) is 1.65. The van der Waals surface area contributed by atoms with E-state index in [2.05, 4.69) is 6.07 Å². The highest BCUT2D eigenvalue weighted by Crippen LogP contribution is 2.18. The fourth-order valence-electron chi connectivity index (χ4n) is 1.65. The molecular formula is C14H18N2O2. The first-order valence-corrected chi connectivity index (χ1v) is 5.97. The minimum absolute atomic E-state index is 0.0259. The normalized spacial score (nSPS) is 11.4. The number of benzene rings is 1. The van der Waals surface area contributed by atoms with Gasteiger partial charge in [-0.05, 0) is 32.0 Å². The van der Waals surface area contributed by atoms with Crippen LogP contribution in [0.2, 0.25) is 0 Å². The molecule has 0 aliphatic rings. The maximum absolute atomic E-state index is 11.4. The van der Waals surface area contributed by atoms with E-state index in [1.165, 1.54) is 0 Å². The number of carbonyl (C=O) groups is 1. The highest BCUT2D eigenvalue weighted by molar-refractivity contribution is 5.71. The third-order valence-corrected chi connectivity index (χ3v) is 2.81. The van der Waals surface area contributed by atoms with Crippen molar-refractivity contribution >= 4 is 11.7 Å². The van der Waals surface area contributed by atoms with Crippen LogP contribution >= 0.6 is 0 Å². The molecule has 0 radical (unpaired) electrons. The molecule has 0 amide bonds. The predicted octanol–water partition coefficient (Wildman–Crippen LogP) is 2.34. The van der Waals surface area contributed by atoms with Crippen molar-refractivity contribution in [2.24, 2.45) is 0 Å². The van der Waals surface area contributed by atoms with E-state index in [1.807, 2.05) is 37.1 Å². The molecule has 1 atom stereocenters. The van der Waals surface area contributed by atoms with E-state index in [-0.39, 0.29) is 12.0 Å². The van der Waals surface area contributed by atoms with E-state index in [0.717, 1.165) is 5.69 Å². The average Bonchev–Trinajstić information content (AvgIpc) is 2.38. The number of hydrogen-bond acceptors (Lipinski definition) is 4. The van der Waals surface area contributed by atoms with Crippen molar-refractivity contribution in [3.8, 4) is 6.07 Å². The Balaban J connectivity index is 2.71. The molecule has 0 fully saturated rings. The second-order valence-corrected chi connectivity index (χ2v) is 4.13. The molecule has 0 bridgehead atoms. The molecule has 0 aliphatic heterocycles. The van der Waals surface area contributed by atoms with Crippen molar-refractivity contribution in [2.45, 2.75) is 26.3 Å². The predicted molar refractivity (Wildman–Crippen MR) is 70.3 cm³/mol. The summed E-state index contributed by atoms with van der Waals surface area (Å²) in [6.07, 6.45) is 0.334. The van der Waals surface area contributed by atoms with Gasteiger partial charge in [0.25, 0.3) is 0 Å². The Labute approximate surface area is 108 Å². The van der Waals surface area contributed by atoms with E-state index in [9.17, 15) is 4.79 Å². The SMILES string of the molecule is CCOC(=O)CC(C)N(C)c1cccc(C#N)c1. The lowest BCUT2D eigenvalue weighted by Crippen LogP contribution is -2.31. The van der Waals surface area contributed by atoms with Gasteiger partial charge in [-0.15, -0.1) is 0 Å². The average molecular weight is 246 g/mol. The maximum atomic E-state index is 11.4. The molecule has 4 heteroatoms. The third-order valence-electron chi connectivity index (χ3n) is 2.81. The van der Waals surface area contributed by atoms with E-state index < -0.39 is 0 Å². The summed E-state index contributed by atoms with van der Waals surface area (Å²) >= 11 is 0. The molecule has 4 nitrogen and oxygen atoms in total. The van der Waals surface area contributed by atoms with Gasteiger partial charge in [0.2, 0.25) is 0 Å². The molecule has 96 valence electrons. The minimum atomic E-state index is -0.201. The number of hydrogen-bond donors (Lipinski definition) is 0. The summed E-state index contributed by atoms with van der Waals surface area (Å²) in [5.74, 6) is -0.201. The molecule has 1 aromatic rings. The highest BCUT2D eigenvalue weighted by atomic mass is 16.5. The van der Waals surface area contributed by atoms with Crippen molar-refractivity contribution < 1.29 is 9.53 Å². The number of nitrogens with zero attached hydrogens (tertiary/aromatic N) is 2. The summed E-state index contributed by atoms with van der Waals surface area (Å²) in [6.45, 7) is 4.15. The Morgan fingerprint density at radius 1 is 1.56 bits per heavy atom. The zero-order valence-corrected chi connectivity index (χ0v) is 11.0. The number of anilines is 1. The molecule has 0 aliphatic carbocycles. The molecule has 0 N–H and O–H groups in total. The first kappa shape index (κ1) is 14.0. The van der Waals surface area contributed by atoms with Crippen LogP contribution in [-0.4, -0.2) is 25.7 Å². The Morgan fingerprint density at radius 2 is 2.28 bits per heavy atom. The lowest BCUT2D eigenvalue weighted by Gasteiger charge is -2.26. The van der Waals surface area contributed by atoms with E-state index >= 15 is 0 Å². The van der Waals surface area contributed by atoms with E-state index in [0.29, 0.717) is 18.6 Å². The summed E-state index contributed by atoms with van der Waals surface area (Å²) in [5, 5.41) is 8.86. The Bertz CT molecular complexity index is 451. The zero-order valence-electron chi connectivity index (χ0n) is 11.0. The van der Waals surface area contributed by atoms with Gasteiger partial charge in [0.05, 0.1) is 24.7 Å². The van der Waals surface area contributed by atoms with Crippen molar-refractivity contribution in [3.63, 3.8) is 0 Å². The molecule has 1 rings (SSSR count). The van der Waals surface area contributed by atoms with Gasteiger partial charge < -0.3 is 9.64 Å². The Morgan fingerprint density at radius 3 is 2.89 bits per heavy atom. The monoisotopic (exact) mass is 246 g/mol. The van der Waals surface area contributed by atoms with Crippen LogP contribution in [-0.2, 0) is 9.53 Å². The molecule has 1 unspecified atom stereocenters. The molecule has 0 heterocycles. The summed E-state index contributed by atoms with van der Waals surface area (Å²) in [5.41, 5.74) is 1.54. The zero-order chi connectivity index (χ0) is 13.5. The first-order chi connectivity index (χ1) is 8.58. The van der Waals surface area contributed by atoms with E-state index in [4.69, 9.17) is 10.00 Å². The Kier molecular flexibility index (Phi) is 5.19. The molecule has 0 aromatic heterocycles. The Hall–Kier alpha value is -2.02. The van der Waals surface area contributed by atoms with Crippen LogP contribution in [0.3, 0.4) is 0 Å². The van der Waals surface area contributed by atoms with Gasteiger partial charge >= 0.3 is 5.97 Å². The van der Waals surface area contributed by atoms with Crippen LogP contribution < -0.4 is 4.90 Å². The van der Waals surface area contributed by atoms with Crippen molar-refractivity contribution in [2.75, 3.05) is 18.6 Å². The lowest BCUT2D eigenvalue weighted by molar-refractivity contribution is -0.143. The number of ether oxygens (including phenoxy) is 1. The quantitative estimate of drug-likeness (QED) is 0.748. The van der Waals surface area contributed by atoms with Crippen LogP contribution in [0, 0.1) is 11.3 Å². The number of nitriles is 1. The molecule has 0 saturated carbocycles. The highest BCUT2D eigenvalue weighted by Gasteiger charge is 2.15. The molecule has 0 spiro atoms. The lowest BCUT2D eigenvalue weighted by atomic mass is 10.1. The smallest absolute Gasteiger partial charge is 0.307 e. The van der Waals surface area contributed by atoms with Crippen LogP contribution in [0.5, 0.6) is 0 Å². The second-order valence-electron chi connectivity index (χ2n) is 4.13. The van der Waals surface area contributed by atoms with Crippen LogP contribution in [0.25, 0.3) is 0 Å². The number of carbonyl (C=O) groups excluding carboxylic acids is 1. The first-order valence-electron chi connectivity index (χ1n) is 5.97. The van der Waals surface area contributed by atoms with Crippen molar-refractivity contribution in [3.05, 3.63) is 29.8 Å². The summed E-state index contributed by atoms with van der Waals surface area (Å²) in [7, 11) is 1.90. The third kappa shape index (κ3) is 3.77. The maximum Gasteiger partial charge on any atom is 0.307 e. The molecular weight excluding hydrogens is 228 g/mol. The fraction of sp³-hybridized carbons (Fsp3) is 0.429. The topological polar surface area (TPSA) is 53.3 Å². The molecule has 0 saturated heterocycles.